The molecular weight excluding hydrogens is 190 g/mol. The molecule has 1 fully saturated rings. The molecule has 1 aliphatic heterocycles. The van der Waals surface area contributed by atoms with Crippen molar-refractivity contribution >= 4 is 11.7 Å². The molecular formula is C12H21NO2. The number of likely N-dealkylation sites (tertiary alicyclic amines) is 1. The lowest BCUT2D eigenvalue weighted by Crippen LogP contribution is -2.49. The summed E-state index contributed by atoms with van der Waals surface area (Å²) in [5.41, 5.74) is 0. The van der Waals surface area contributed by atoms with Crippen molar-refractivity contribution in [3.63, 3.8) is 0 Å². The van der Waals surface area contributed by atoms with Crippen LogP contribution >= 0.6 is 0 Å². The van der Waals surface area contributed by atoms with Crippen LogP contribution in [0.15, 0.2) is 0 Å². The fourth-order valence-electron chi connectivity index (χ4n) is 2.10. The van der Waals surface area contributed by atoms with Crippen molar-refractivity contribution in [3.05, 3.63) is 0 Å². The lowest BCUT2D eigenvalue weighted by Gasteiger charge is -2.35. The Balaban J connectivity index is 2.73. The molecule has 0 aromatic carbocycles. The first-order chi connectivity index (χ1) is 7.07. The fraction of sp³-hybridized carbons (Fsp3) is 0.833. The normalized spacial score (nSPS) is 21.9. The third-order valence-electron chi connectivity index (χ3n) is 3.00. The molecule has 0 bridgehead atoms. The molecule has 0 aromatic rings. The van der Waals surface area contributed by atoms with Gasteiger partial charge in [-0.25, -0.2) is 0 Å². The Morgan fingerprint density at radius 1 is 1.33 bits per heavy atom. The van der Waals surface area contributed by atoms with Gasteiger partial charge in [-0.05, 0) is 19.3 Å². The molecule has 0 spiro atoms. The van der Waals surface area contributed by atoms with Crippen molar-refractivity contribution in [2.45, 2.75) is 52.5 Å². The third-order valence-corrected chi connectivity index (χ3v) is 3.00. The third kappa shape index (κ3) is 2.80. The zero-order valence-corrected chi connectivity index (χ0v) is 9.95. The zero-order chi connectivity index (χ0) is 11.4. The molecule has 1 atom stereocenters. The predicted molar refractivity (Wildman–Crippen MR) is 59.5 cm³/mol. The summed E-state index contributed by atoms with van der Waals surface area (Å²) in [6, 6.07) is -0.140. The number of hydrogen-bond acceptors (Lipinski definition) is 2. The SMILES string of the molecule is CCC(=O)C1CCCCN1C(=O)C(C)C. The molecule has 3 nitrogen and oxygen atoms in total. The van der Waals surface area contributed by atoms with E-state index in [1.165, 1.54) is 0 Å². The number of carbonyl (C=O) groups is 2. The van der Waals surface area contributed by atoms with E-state index in [2.05, 4.69) is 0 Å². The highest BCUT2D eigenvalue weighted by atomic mass is 16.2. The van der Waals surface area contributed by atoms with Crippen LogP contribution in [0, 0.1) is 5.92 Å². The molecule has 0 aromatic heterocycles. The predicted octanol–water partition coefficient (Wildman–Crippen LogP) is 2.00. The van der Waals surface area contributed by atoms with E-state index in [1.807, 2.05) is 20.8 Å². The largest absolute Gasteiger partial charge is 0.332 e. The van der Waals surface area contributed by atoms with Gasteiger partial charge in [-0.1, -0.05) is 20.8 Å². The van der Waals surface area contributed by atoms with E-state index in [9.17, 15) is 9.59 Å². The van der Waals surface area contributed by atoms with Crippen LogP contribution in [0.4, 0.5) is 0 Å². The van der Waals surface area contributed by atoms with Crippen LogP contribution in [-0.4, -0.2) is 29.2 Å². The summed E-state index contributed by atoms with van der Waals surface area (Å²) < 4.78 is 0. The highest BCUT2D eigenvalue weighted by Crippen LogP contribution is 2.20. The summed E-state index contributed by atoms with van der Waals surface area (Å²) >= 11 is 0. The quantitative estimate of drug-likeness (QED) is 0.716. The van der Waals surface area contributed by atoms with Crippen LogP contribution < -0.4 is 0 Å². The van der Waals surface area contributed by atoms with Gasteiger partial charge < -0.3 is 4.90 Å². The van der Waals surface area contributed by atoms with Gasteiger partial charge in [0.25, 0.3) is 0 Å². The Hall–Kier alpha value is -0.860. The molecule has 0 aliphatic carbocycles. The van der Waals surface area contributed by atoms with Crippen LogP contribution in [0.1, 0.15) is 46.5 Å². The first-order valence-electron chi connectivity index (χ1n) is 5.91. The molecule has 1 amide bonds. The molecule has 15 heavy (non-hydrogen) atoms. The number of carbonyl (C=O) groups excluding carboxylic acids is 2. The number of Topliss-reactive ketones (excluding diaryl/α,β-unsaturated/α-hetero) is 1. The van der Waals surface area contributed by atoms with E-state index in [1.54, 1.807) is 4.90 Å². The highest BCUT2D eigenvalue weighted by Gasteiger charge is 2.31. The van der Waals surface area contributed by atoms with E-state index >= 15 is 0 Å². The van der Waals surface area contributed by atoms with Crippen LogP contribution in [-0.2, 0) is 9.59 Å². The van der Waals surface area contributed by atoms with Gasteiger partial charge in [0, 0.05) is 18.9 Å². The van der Waals surface area contributed by atoms with E-state index in [0.717, 1.165) is 25.8 Å². The molecule has 1 unspecified atom stereocenters. The Labute approximate surface area is 91.8 Å². The lowest BCUT2D eigenvalue weighted by molar-refractivity contribution is -0.143. The number of piperidine rings is 1. The monoisotopic (exact) mass is 211 g/mol. The zero-order valence-electron chi connectivity index (χ0n) is 9.95. The Kier molecular flexibility index (Phi) is 4.30. The van der Waals surface area contributed by atoms with E-state index in [4.69, 9.17) is 0 Å². The number of amides is 1. The maximum Gasteiger partial charge on any atom is 0.225 e. The maximum absolute atomic E-state index is 11.9. The standard InChI is InChI=1S/C12H21NO2/c1-4-11(14)10-7-5-6-8-13(10)12(15)9(2)3/h9-10H,4-8H2,1-3H3. The van der Waals surface area contributed by atoms with Gasteiger partial charge in [0.15, 0.2) is 5.78 Å². The van der Waals surface area contributed by atoms with Gasteiger partial charge in [0.1, 0.15) is 0 Å². The topological polar surface area (TPSA) is 37.4 Å². The van der Waals surface area contributed by atoms with Gasteiger partial charge in [0.2, 0.25) is 5.91 Å². The average molecular weight is 211 g/mol. The fourth-order valence-corrected chi connectivity index (χ4v) is 2.10. The minimum absolute atomic E-state index is 0.00439. The summed E-state index contributed by atoms with van der Waals surface area (Å²) in [6.07, 6.45) is 3.49. The average Bonchev–Trinajstić information content (AvgIpc) is 2.27. The second-order valence-corrected chi connectivity index (χ2v) is 4.52. The maximum atomic E-state index is 11.9. The van der Waals surface area contributed by atoms with E-state index in [0.29, 0.717) is 6.42 Å². The lowest BCUT2D eigenvalue weighted by atomic mass is 9.96. The second-order valence-electron chi connectivity index (χ2n) is 4.52. The van der Waals surface area contributed by atoms with Crippen LogP contribution in [0.25, 0.3) is 0 Å². The van der Waals surface area contributed by atoms with Crippen molar-refractivity contribution in [3.8, 4) is 0 Å². The van der Waals surface area contributed by atoms with Crippen molar-refractivity contribution in [1.82, 2.24) is 4.90 Å². The van der Waals surface area contributed by atoms with Crippen molar-refractivity contribution in [1.29, 1.82) is 0 Å². The Morgan fingerprint density at radius 3 is 2.53 bits per heavy atom. The Morgan fingerprint density at radius 2 is 2.00 bits per heavy atom. The van der Waals surface area contributed by atoms with Crippen LogP contribution in [0.5, 0.6) is 0 Å². The summed E-state index contributed by atoms with van der Waals surface area (Å²) in [4.78, 5) is 25.4. The molecule has 86 valence electrons. The number of ketones is 1. The number of hydrogen-bond donors (Lipinski definition) is 0. The minimum Gasteiger partial charge on any atom is -0.332 e. The first kappa shape index (κ1) is 12.2. The van der Waals surface area contributed by atoms with Gasteiger partial charge >= 0.3 is 0 Å². The van der Waals surface area contributed by atoms with Crippen LogP contribution in [0.3, 0.4) is 0 Å². The molecule has 1 aliphatic rings. The second kappa shape index (κ2) is 5.29. The minimum atomic E-state index is -0.140. The summed E-state index contributed by atoms with van der Waals surface area (Å²) in [5.74, 6) is 0.334. The van der Waals surface area contributed by atoms with Crippen molar-refractivity contribution < 1.29 is 9.59 Å². The van der Waals surface area contributed by atoms with Gasteiger partial charge in [-0.3, -0.25) is 9.59 Å². The smallest absolute Gasteiger partial charge is 0.225 e. The molecule has 0 N–H and O–H groups in total. The van der Waals surface area contributed by atoms with Crippen LogP contribution in [0.2, 0.25) is 0 Å². The summed E-state index contributed by atoms with van der Waals surface area (Å²) in [7, 11) is 0. The molecule has 1 saturated heterocycles. The van der Waals surface area contributed by atoms with Crippen molar-refractivity contribution in [2.75, 3.05) is 6.54 Å². The van der Waals surface area contributed by atoms with E-state index in [-0.39, 0.29) is 23.7 Å². The van der Waals surface area contributed by atoms with Gasteiger partial charge in [-0.15, -0.1) is 0 Å². The first-order valence-corrected chi connectivity index (χ1v) is 5.91. The summed E-state index contributed by atoms with van der Waals surface area (Å²) in [6.45, 7) is 6.41. The molecule has 3 heteroatoms. The number of rotatable bonds is 3. The molecule has 1 rings (SSSR count). The van der Waals surface area contributed by atoms with Gasteiger partial charge in [-0.2, -0.15) is 0 Å². The van der Waals surface area contributed by atoms with Crippen molar-refractivity contribution in [2.24, 2.45) is 5.92 Å². The molecule has 0 saturated carbocycles. The Bertz CT molecular complexity index is 248. The summed E-state index contributed by atoms with van der Waals surface area (Å²) in [5, 5.41) is 0. The highest BCUT2D eigenvalue weighted by molar-refractivity contribution is 5.89. The van der Waals surface area contributed by atoms with Gasteiger partial charge in [0.05, 0.1) is 6.04 Å². The van der Waals surface area contributed by atoms with E-state index < -0.39 is 0 Å². The number of nitrogens with zero attached hydrogens (tertiary/aromatic N) is 1. The molecule has 0 radical (unpaired) electrons. The molecule has 1 heterocycles.